The highest BCUT2D eigenvalue weighted by Gasteiger charge is 2.20. The van der Waals surface area contributed by atoms with Crippen LogP contribution in [0.4, 0.5) is 5.69 Å². The first-order chi connectivity index (χ1) is 10.0. The summed E-state index contributed by atoms with van der Waals surface area (Å²) >= 11 is 0. The Balaban J connectivity index is 2.82. The molecule has 0 aliphatic carbocycles. The molecule has 0 aromatic heterocycles. The Hall–Kier alpha value is -1.11. The molecule has 0 bridgehead atoms. The van der Waals surface area contributed by atoms with Crippen LogP contribution in [0.5, 0.6) is 0 Å². The fourth-order valence-corrected chi connectivity index (χ4v) is 3.48. The van der Waals surface area contributed by atoms with Gasteiger partial charge in [0.05, 0.1) is 5.69 Å². The second-order valence-electron chi connectivity index (χ2n) is 4.99. The molecule has 120 valence electrons. The van der Waals surface area contributed by atoms with Crippen molar-refractivity contribution in [3.63, 3.8) is 0 Å². The van der Waals surface area contributed by atoms with Gasteiger partial charge in [-0.05, 0) is 37.1 Å². The summed E-state index contributed by atoms with van der Waals surface area (Å²) in [5.41, 5.74) is 1.68. The third kappa shape index (κ3) is 6.03. The number of anilines is 1. The maximum absolute atomic E-state index is 12.4. The molecular weight excluding hydrogens is 286 g/mol. The summed E-state index contributed by atoms with van der Waals surface area (Å²) in [5, 5.41) is 3.23. The Morgan fingerprint density at radius 2 is 1.76 bits per heavy atom. The number of nitrogens with one attached hydrogen (secondary N) is 2. The van der Waals surface area contributed by atoms with Crippen LogP contribution in [0.25, 0.3) is 0 Å². The normalized spacial score (nSPS) is 11.8. The van der Waals surface area contributed by atoms with E-state index in [-0.39, 0.29) is 0 Å². The molecule has 1 aromatic rings. The van der Waals surface area contributed by atoms with Gasteiger partial charge >= 0.3 is 10.2 Å². The predicted octanol–water partition coefficient (Wildman–Crippen LogP) is 2.57. The highest BCUT2D eigenvalue weighted by Crippen LogP contribution is 2.14. The minimum atomic E-state index is -3.47. The van der Waals surface area contributed by atoms with Crippen molar-refractivity contribution in [3.05, 3.63) is 29.8 Å². The molecule has 0 spiro atoms. The summed E-state index contributed by atoms with van der Waals surface area (Å²) in [4.78, 5) is 0. The molecule has 0 saturated heterocycles. The largest absolute Gasteiger partial charge is 0.313 e. The second kappa shape index (κ2) is 9.02. The van der Waals surface area contributed by atoms with Gasteiger partial charge in [0.1, 0.15) is 0 Å². The van der Waals surface area contributed by atoms with Gasteiger partial charge in [-0.25, -0.2) is 0 Å². The summed E-state index contributed by atoms with van der Waals surface area (Å²) in [6, 6.07) is 7.50. The fraction of sp³-hybridized carbons (Fsp3) is 0.600. The highest BCUT2D eigenvalue weighted by atomic mass is 32.2. The van der Waals surface area contributed by atoms with Crippen LogP contribution in [0.1, 0.15) is 39.2 Å². The lowest BCUT2D eigenvalue weighted by molar-refractivity contribution is 0.413. The quantitative estimate of drug-likeness (QED) is 0.698. The standard InChI is InChI=1S/C15H27N3O2S/c1-4-10-18(11-5-2)21(19,20)17-15-9-7-8-14(12-15)13-16-6-3/h7-9,12,16-17H,4-6,10-11,13H2,1-3H3. The molecular formula is C15H27N3O2S. The first-order valence-electron chi connectivity index (χ1n) is 7.61. The van der Waals surface area contributed by atoms with Crippen LogP contribution in [-0.4, -0.2) is 32.4 Å². The molecule has 0 amide bonds. The van der Waals surface area contributed by atoms with Gasteiger partial charge in [0, 0.05) is 19.6 Å². The molecule has 0 saturated carbocycles. The molecule has 2 N–H and O–H groups in total. The minimum absolute atomic E-state index is 0.542. The molecule has 0 aliphatic rings. The van der Waals surface area contributed by atoms with Gasteiger partial charge in [-0.2, -0.15) is 12.7 Å². The summed E-state index contributed by atoms with van der Waals surface area (Å²) < 4.78 is 29.0. The van der Waals surface area contributed by atoms with E-state index in [2.05, 4.69) is 10.0 Å². The lowest BCUT2D eigenvalue weighted by atomic mass is 10.2. The highest BCUT2D eigenvalue weighted by molar-refractivity contribution is 7.90. The van der Waals surface area contributed by atoms with Gasteiger partial charge in [0.2, 0.25) is 0 Å². The SMILES string of the molecule is CCCN(CCC)S(=O)(=O)Nc1cccc(CNCC)c1. The van der Waals surface area contributed by atoms with Crippen molar-refractivity contribution in [2.24, 2.45) is 0 Å². The minimum Gasteiger partial charge on any atom is -0.313 e. The molecule has 1 aromatic carbocycles. The number of hydrogen-bond donors (Lipinski definition) is 2. The first kappa shape index (κ1) is 17.9. The van der Waals surface area contributed by atoms with Crippen LogP contribution in [0.15, 0.2) is 24.3 Å². The average Bonchev–Trinajstić information content (AvgIpc) is 2.45. The van der Waals surface area contributed by atoms with E-state index in [0.29, 0.717) is 18.8 Å². The second-order valence-corrected chi connectivity index (χ2v) is 6.66. The molecule has 0 radical (unpaired) electrons. The zero-order valence-electron chi connectivity index (χ0n) is 13.2. The topological polar surface area (TPSA) is 61.4 Å². The Labute approximate surface area is 128 Å². The molecule has 0 heterocycles. The number of hydrogen-bond acceptors (Lipinski definition) is 3. The Bertz CT molecular complexity index is 511. The van der Waals surface area contributed by atoms with E-state index in [0.717, 1.165) is 31.5 Å². The first-order valence-corrected chi connectivity index (χ1v) is 9.05. The van der Waals surface area contributed by atoms with Crippen molar-refractivity contribution in [2.75, 3.05) is 24.4 Å². The molecule has 1 rings (SSSR count). The fourth-order valence-electron chi connectivity index (χ4n) is 2.08. The van der Waals surface area contributed by atoms with Crippen molar-refractivity contribution in [2.45, 2.75) is 40.2 Å². The van der Waals surface area contributed by atoms with Gasteiger partial charge < -0.3 is 5.32 Å². The van der Waals surface area contributed by atoms with Crippen LogP contribution >= 0.6 is 0 Å². The number of rotatable bonds is 10. The van der Waals surface area contributed by atoms with Crippen LogP contribution in [0.3, 0.4) is 0 Å². The van der Waals surface area contributed by atoms with Gasteiger partial charge in [-0.1, -0.05) is 32.9 Å². The molecule has 0 atom stereocenters. The third-order valence-electron chi connectivity index (χ3n) is 3.04. The maximum atomic E-state index is 12.4. The molecule has 0 unspecified atom stereocenters. The van der Waals surface area contributed by atoms with Crippen LogP contribution in [-0.2, 0) is 16.8 Å². The van der Waals surface area contributed by atoms with Crippen molar-refractivity contribution >= 4 is 15.9 Å². The van der Waals surface area contributed by atoms with Gasteiger partial charge in [-0.3, -0.25) is 4.72 Å². The zero-order chi connectivity index (χ0) is 15.7. The monoisotopic (exact) mass is 313 g/mol. The van der Waals surface area contributed by atoms with Crippen LogP contribution in [0, 0.1) is 0 Å². The van der Waals surface area contributed by atoms with Crippen molar-refractivity contribution in [3.8, 4) is 0 Å². The van der Waals surface area contributed by atoms with Crippen LogP contribution in [0.2, 0.25) is 0 Å². The number of benzene rings is 1. The van der Waals surface area contributed by atoms with E-state index in [1.165, 1.54) is 4.31 Å². The Kier molecular flexibility index (Phi) is 7.71. The average molecular weight is 313 g/mol. The molecule has 5 nitrogen and oxygen atoms in total. The Morgan fingerprint density at radius 3 is 2.33 bits per heavy atom. The lowest BCUT2D eigenvalue weighted by Crippen LogP contribution is -2.37. The van der Waals surface area contributed by atoms with E-state index in [1.807, 2.05) is 39.0 Å². The van der Waals surface area contributed by atoms with E-state index in [9.17, 15) is 8.42 Å². The zero-order valence-corrected chi connectivity index (χ0v) is 14.0. The van der Waals surface area contributed by atoms with Crippen molar-refractivity contribution in [1.82, 2.24) is 9.62 Å². The predicted molar refractivity (Wildman–Crippen MR) is 88.5 cm³/mol. The molecule has 0 fully saturated rings. The molecule has 6 heteroatoms. The summed E-state index contributed by atoms with van der Waals surface area (Å²) in [6.45, 7) is 8.71. The molecule has 21 heavy (non-hydrogen) atoms. The summed E-state index contributed by atoms with van der Waals surface area (Å²) in [6.07, 6.45) is 1.61. The van der Waals surface area contributed by atoms with Crippen LogP contribution < -0.4 is 10.0 Å². The summed E-state index contributed by atoms with van der Waals surface area (Å²) in [7, 11) is -3.47. The van der Waals surface area contributed by atoms with Crippen molar-refractivity contribution in [1.29, 1.82) is 0 Å². The third-order valence-corrected chi connectivity index (χ3v) is 4.58. The summed E-state index contributed by atoms with van der Waals surface area (Å²) in [5.74, 6) is 0. The van der Waals surface area contributed by atoms with Gasteiger partial charge in [-0.15, -0.1) is 0 Å². The van der Waals surface area contributed by atoms with E-state index < -0.39 is 10.2 Å². The Morgan fingerprint density at radius 1 is 1.10 bits per heavy atom. The van der Waals surface area contributed by atoms with E-state index in [4.69, 9.17) is 0 Å². The van der Waals surface area contributed by atoms with E-state index >= 15 is 0 Å². The smallest absolute Gasteiger partial charge is 0.301 e. The maximum Gasteiger partial charge on any atom is 0.301 e. The van der Waals surface area contributed by atoms with Gasteiger partial charge in [0.15, 0.2) is 0 Å². The number of nitrogens with zero attached hydrogens (tertiary/aromatic N) is 1. The lowest BCUT2D eigenvalue weighted by Gasteiger charge is -2.22. The van der Waals surface area contributed by atoms with Crippen molar-refractivity contribution < 1.29 is 8.42 Å². The molecule has 0 aliphatic heterocycles. The van der Waals surface area contributed by atoms with Gasteiger partial charge in [0.25, 0.3) is 0 Å². The van der Waals surface area contributed by atoms with E-state index in [1.54, 1.807) is 6.07 Å².